The summed E-state index contributed by atoms with van der Waals surface area (Å²) in [6.45, 7) is 4.14. The van der Waals surface area contributed by atoms with Gasteiger partial charge in [0.1, 0.15) is 18.3 Å². The van der Waals surface area contributed by atoms with E-state index in [9.17, 15) is 17.6 Å². The Kier molecular flexibility index (Phi) is 6.04. The predicted molar refractivity (Wildman–Crippen MR) is 106 cm³/mol. The summed E-state index contributed by atoms with van der Waals surface area (Å²) >= 11 is 0. The van der Waals surface area contributed by atoms with Gasteiger partial charge in [-0.2, -0.15) is 9.40 Å². The van der Waals surface area contributed by atoms with Crippen LogP contribution in [0.5, 0.6) is 0 Å². The molecule has 0 atom stereocenters. The molecule has 0 saturated carbocycles. The molecule has 3 rings (SSSR count). The van der Waals surface area contributed by atoms with Gasteiger partial charge < -0.3 is 5.32 Å². The Bertz CT molecular complexity index is 1110. The van der Waals surface area contributed by atoms with Gasteiger partial charge in [-0.3, -0.25) is 4.79 Å². The first-order valence-corrected chi connectivity index (χ1v) is 10.4. The number of hydrogen-bond donors (Lipinski definition) is 1. The largest absolute Gasteiger partial charge is 0.322 e. The van der Waals surface area contributed by atoms with Gasteiger partial charge in [0.15, 0.2) is 5.82 Å². The van der Waals surface area contributed by atoms with Gasteiger partial charge in [0.25, 0.3) is 5.91 Å². The fourth-order valence-corrected chi connectivity index (χ4v) is 4.32. The van der Waals surface area contributed by atoms with E-state index in [2.05, 4.69) is 15.4 Å². The highest BCUT2D eigenvalue weighted by Crippen LogP contribution is 2.20. The van der Waals surface area contributed by atoms with Crippen LogP contribution in [0.1, 0.15) is 24.2 Å². The average Bonchev–Trinajstić information content (AvgIpc) is 3.23. The van der Waals surface area contributed by atoms with Crippen LogP contribution in [0, 0.1) is 5.82 Å². The monoisotopic (exact) mass is 417 g/mol. The topological polar surface area (TPSA) is 97.2 Å². The van der Waals surface area contributed by atoms with Crippen LogP contribution in [-0.4, -0.2) is 46.5 Å². The molecule has 0 aliphatic carbocycles. The molecule has 10 heteroatoms. The summed E-state index contributed by atoms with van der Waals surface area (Å²) in [5, 5.41) is 6.44. The number of halogens is 1. The number of amides is 1. The third-order valence-electron chi connectivity index (χ3n) is 4.31. The summed E-state index contributed by atoms with van der Waals surface area (Å²) in [5.41, 5.74) is 0.570. The summed E-state index contributed by atoms with van der Waals surface area (Å²) in [6.07, 6.45) is 2.65. The molecule has 0 bridgehead atoms. The molecule has 0 spiro atoms. The number of carbonyl (C=O) groups excluding carboxylic acids is 1. The normalized spacial score (nSPS) is 11.6. The first kappa shape index (κ1) is 20.6. The van der Waals surface area contributed by atoms with Crippen LogP contribution in [-0.2, 0) is 10.0 Å². The standard InChI is InChI=1S/C19H20FN5O3S/c1-3-24(4-2)29(27,28)16-7-5-6-14(10-16)19(26)23-15-8-9-18(17(20)11-15)25-13-21-12-22-25/h5-13H,3-4H2,1-2H3,(H,23,26). The van der Waals surface area contributed by atoms with Crippen LogP contribution in [0.2, 0.25) is 0 Å². The summed E-state index contributed by atoms with van der Waals surface area (Å²) < 4.78 is 42.2. The highest BCUT2D eigenvalue weighted by atomic mass is 32.2. The van der Waals surface area contributed by atoms with E-state index in [0.717, 1.165) is 6.07 Å². The molecule has 1 N–H and O–H groups in total. The maximum Gasteiger partial charge on any atom is 0.255 e. The Morgan fingerprint density at radius 1 is 1.17 bits per heavy atom. The lowest BCUT2D eigenvalue weighted by atomic mass is 10.2. The number of sulfonamides is 1. The molecule has 1 heterocycles. The molecule has 1 aromatic heterocycles. The van der Waals surface area contributed by atoms with Gasteiger partial charge in [-0.05, 0) is 36.4 Å². The van der Waals surface area contributed by atoms with Crippen LogP contribution in [0.4, 0.5) is 10.1 Å². The number of anilines is 1. The first-order chi connectivity index (χ1) is 13.9. The van der Waals surface area contributed by atoms with E-state index in [-0.39, 0.29) is 21.8 Å². The van der Waals surface area contributed by atoms with Crippen molar-refractivity contribution < 1.29 is 17.6 Å². The molecule has 0 saturated heterocycles. The molecule has 0 aliphatic rings. The second kappa shape index (κ2) is 8.50. The van der Waals surface area contributed by atoms with E-state index >= 15 is 0 Å². The molecule has 2 aromatic carbocycles. The fraction of sp³-hybridized carbons (Fsp3) is 0.211. The lowest BCUT2D eigenvalue weighted by Gasteiger charge is -2.18. The number of nitrogens with zero attached hydrogens (tertiary/aromatic N) is 4. The summed E-state index contributed by atoms with van der Waals surface area (Å²) in [5.74, 6) is -1.14. The van der Waals surface area contributed by atoms with Gasteiger partial charge in [-0.15, -0.1) is 0 Å². The van der Waals surface area contributed by atoms with E-state index in [1.807, 2.05) is 0 Å². The van der Waals surface area contributed by atoms with Gasteiger partial charge >= 0.3 is 0 Å². The molecule has 8 nitrogen and oxygen atoms in total. The van der Waals surface area contributed by atoms with Crippen molar-refractivity contribution in [3.63, 3.8) is 0 Å². The Balaban J connectivity index is 1.82. The molecule has 0 fully saturated rings. The van der Waals surface area contributed by atoms with E-state index in [4.69, 9.17) is 0 Å². The van der Waals surface area contributed by atoms with Gasteiger partial charge in [-0.25, -0.2) is 22.5 Å². The smallest absolute Gasteiger partial charge is 0.255 e. The average molecular weight is 417 g/mol. The van der Waals surface area contributed by atoms with Crippen LogP contribution in [0.3, 0.4) is 0 Å². The van der Waals surface area contributed by atoms with E-state index in [0.29, 0.717) is 13.1 Å². The molecule has 1 amide bonds. The van der Waals surface area contributed by atoms with Crippen molar-refractivity contribution in [1.82, 2.24) is 19.1 Å². The Morgan fingerprint density at radius 3 is 2.55 bits per heavy atom. The minimum absolute atomic E-state index is 0.0292. The van der Waals surface area contributed by atoms with E-state index in [1.165, 1.54) is 58.0 Å². The molecule has 0 radical (unpaired) electrons. The second-order valence-corrected chi connectivity index (χ2v) is 8.02. The third kappa shape index (κ3) is 4.33. The predicted octanol–water partition coefficient (Wildman–Crippen LogP) is 2.69. The Hall–Kier alpha value is -3.11. The minimum Gasteiger partial charge on any atom is -0.322 e. The van der Waals surface area contributed by atoms with Gasteiger partial charge in [-0.1, -0.05) is 19.9 Å². The molecular formula is C19H20FN5O3S. The number of rotatable bonds is 7. The lowest BCUT2D eigenvalue weighted by Crippen LogP contribution is -2.30. The highest BCUT2D eigenvalue weighted by Gasteiger charge is 2.22. The zero-order valence-electron chi connectivity index (χ0n) is 15.9. The number of nitrogens with one attached hydrogen (secondary N) is 1. The number of aromatic nitrogens is 3. The van der Waals surface area contributed by atoms with Crippen molar-refractivity contribution in [3.8, 4) is 5.69 Å². The molecule has 0 unspecified atom stereocenters. The van der Waals surface area contributed by atoms with Crippen molar-refractivity contribution >= 4 is 21.6 Å². The van der Waals surface area contributed by atoms with Crippen molar-refractivity contribution in [3.05, 3.63) is 66.5 Å². The quantitative estimate of drug-likeness (QED) is 0.638. The SMILES string of the molecule is CCN(CC)S(=O)(=O)c1cccc(C(=O)Nc2ccc(-n3cncn3)c(F)c2)c1. The number of hydrogen-bond acceptors (Lipinski definition) is 5. The molecule has 152 valence electrons. The lowest BCUT2D eigenvalue weighted by molar-refractivity contribution is 0.102. The van der Waals surface area contributed by atoms with Crippen molar-refractivity contribution in [1.29, 1.82) is 0 Å². The second-order valence-electron chi connectivity index (χ2n) is 6.08. The van der Waals surface area contributed by atoms with Crippen molar-refractivity contribution in [2.75, 3.05) is 18.4 Å². The van der Waals surface area contributed by atoms with Crippen molar-refractivity contribution in [2.45, 2.75) is 18.7 Å². The van der Waals surface area contributed by atoms with Gasteiger partial charge in [0, 0.05) is 24.3 Å². The summed E-state index contributed by atoms with van der Waals surface area (Å²) in [7, 11) is -3.69. The van der Waals surface area contributed by atoms with Crippen LogP contribution in [0.25, 0.3) is 5.69 Å². The molecule has 29 heavy (non-hydrogen) atoms. The molecular weight excluding hydrogens is 397 g/mol. The maximum absolute atomic E-state index is 14.3. The molecule has 0 aliphatic heterocycles. The van der Waals surface area contributed by atoms with Crippen LogP contribution in [0.15, 0.2) is 60.0 Å². The first-order valence-electron chi connectivity index (χ1n) is 8.93. The zero-order chi connectivity index (χ0) is 21.0. The van der Waals surface area contributed by atoms with E-state index in [1.54, 1.807) is 13.8 Å². The van der Waals surface area contributed by atoms with Crippen molar-refractivity contribution in [2.24, 2.45) is 0 Å². The fourth-order valence-electron chi connectivity index (χ4n) is 2.82. The van der Waals surface area contributed by atoms with Gasteiger partial charge in [0.2, 0.25) is 10.0 Å². The summed E-state index contributed by atoms with van der Waals surface area (Å²) in [4.78, 5) is 16.4. The summed E-state index contributed by atoms with van der Waals surface area (Å²) in [6, 6.07) is 9.89. The third-order valence-corrected chi connectivity index (χ3v) is 6.36. The Morgan fingerprint density at radius 2 is 1.93 bits per heavy atom. The number of benzene rings is 2. The minimum atomic E-state index is -3.69. The molecule has 3 aromatic rings. The number of carbonyl (C=O) groups is 1. The Labute approximate surface area is 168 Å². The highest BCUT2D eigenvalue weighted by molar-refractivity contribution is 7.89. The van der Waals surface area contributed by atoms with E-state index < -0.39 is 21.7 Å². The van der Waals surface area contributed by atoms with Gasteiger partial charge in [0.05, 0.1) is 4.90 Å². The maximum atomic E-state index is 14.3. The van der Waals surface area contributed by atoms with Crippen LogP contribution < -0.4 is 5.32 Å². The van der Waals surface area contributed by atoms with Crippen LogP contribution >= 0.6 is 0 Å². The zero-order valence-corrected chi connectivity index (χ0v) is 16.7.